The third-order valence-corrected chi connectivity index (χ3v) is 6.69. The van der Waals surface area contributed by atoms with Gasteiger partial charge in [0.1, 0.15) is 0 Å². The molecule has 1 saturated carbocycles. The molecule has 2 fully saturated rings. The summed E-state index contributed by atoms with van der Waals surface area (Å²) in [5, 5.41) is 9.73. The number of benzene rings is 1. The first-order valence-corrected chi connectivity index (χ1v) is 10.9. The van der Waals surface area contributed by atoms with Crippen molar-refractivity contribution in [2.45, 2.75) is 57.8 Å². The van der Waals surface area contributed by atoms with Crippen LogP contribution in [0.1, 0.15) is 45.1 Å². The number of hydrogen-bond acceptors (Lipinski definition) is 5. The van der Waals surface area contributed by atoms with Gasteiger partial charge in [-0.25, -0.2) is 0 Å². The van der Waals surface area contributed by atoms with Crippen molar-refractivity contribution >= 4 is 22.7 Å². The van der Waals surface area contributed by atoms with Crippen molar-refractivity contribution < 1.29 is 22.5 Å². The van der Waals surface area contributed by atoms with Gasteiger partial charge >= 0.3 is 6.18 Å². The molecular formula is C22H29F3N4O2. The minimum Gasteiger partial charge on any atom is -0.358 e. The van der Waals surface area contributed by atoms with Crippen molar-refractivity contribution in [1.29, 1.82) is 0 Å². The van der Waals surface area contributed by atoms with E-state index in [0.717, 1.165) is 37.1 Å². The molecule has 1 aliphatic heterocycles. The van der Waals surface area contributed by atoms with Crippen LogP contribution in [0, 0.1) is 11.8 Å². The molecule has 0 radical (unpaired) electrons. The normalized spacial score (nSPS) is 23.2. The van der Waals surface area contributed by atoms with Crippen LogP contribution in [0.4, 0.5) is 19.0 Å². The van der Waals surface area contributed by atoms with Crippen molar-refractivity contribution in [3.05, 3.63) is 23.8 Å². The molecule has 2 aliphatic rings. The number of hydrogen-bond donors (Lipinski definition) is 2. The van der Waals surface area contributed by atoms with E-state index in [2.05, 4.69) is 34.5 Å². The van der Waals surface area contributed by atoms with Crippen LogP contribution in [-0.2, 0) is 11.0 Å². The zero-order valence-electron chi connectivity index (χ0n) is 17.8. The Hall–Kier alpha value is -2.29. The summed E-state index contributed by atoms with van der Waals surface area (Å²) >= 11 is 0. The van der Waals surface area contributed by atoms with Gasteiger partial charge in [-0.1, -0.05) is 19.0 Å². The average molecular weight is 438 g/mol. The number of carbonyl (C=O) groups is 1. The van der Waals surface area contributed by atoms with E-state index in [0.29, 0.717) is 6.04 Å². The van der Waals surface area contributed by atoms with Gasteiger partial charge in [0.15, 0.2) is 11.4 Å². The van der Waals surface area contributed by atoms with Crippen LogP contribution < -0.4 is 10.6 Å². The Morgan fingerprint density at radius 2 is 1.94 bits per heavy atom. The van der Waals surface area contributed by atoms with Crippen molar-refractivity contribution in [3.8, 4) is 0 Å². The predicted molar refractivity (Wildman–Crippen MR) is 112 cm³/mol. The molecule has 0 unspecified atom stereocenters. The van der Waals surface area contributed by atoms with Gasteiger partial charge in [0.2, 0.25) is 5.91 Å². The molecule has 0 atom stereocenters. The van der Waals surface area contributed by atoms with Crippen LogP contribution in [0.3, 0.4) is 0 Å². The first-order valence-electron chi connectivity index (χ1n) is 10.9. The molecule has 1 amide bonds. The summed E-state index contributed by atoms with van der Waals surface area (Å²) in [5.74, 6) is 1.50. The van der Waals surface area contributed by atoms with Crippen LogP contribution in [-0.4, -0.2) is 47.7 Å². The molecule has 1 saturated heterocycles. The topological polar surface area (TPSA) is 70.4 Å². The first kappa shape index (κ1) is 21.9. The van der Waals surface area contributed by atoms with Gasteiger partial charge in [0, 0.05) is 19.1 Å². The second-order valence-electron chi connectivity index (χ2n) is 9.12. The maximum atomic E-state index is 12.9. The summed E-state index contributed by atoms with van der Waals surface area (Å²) in [5.41, 5.74) is -0.551. The molecule has 9 heteroatoms. The van der Waals surface area contributed by atoms with E-state index in [-0.39, 0.29) is 35.3 Å². The highest BCUT2D eigenvalue weighted by Gasteiger charge is 2.35. The lowest BCUT2D eigenvalue weighted by Gasteiger charge is -2.47. The van der Waals surface area contributed by atoms with Crippen molar-refractivity contribution in [2.75, 3.05) is 25.0 Å². The van der Waals surface area contributed by atoms with Gasteiger partial charge in [0.25, 0.3) is 0 Å². The van der Waals surface area contributed by atoms with Crippen molar-refractivity contribution in [1.82, 2.24) is 15.4 Å². The Morgan fingerprint density at radius 3 is 2.58 bits per heavy atom. The van der Waals surface area contributed by atoms with Crippen LogP contribution in [0.15, 0.2) is 22.7 Å². The quantitative estimate of drug-likeness (QED) is 0.705. The smallest absolute Gasteiger partial charge is 0.358 e. The number of nitrogens with zero attached hydrogens (tertiary/aromatic N) is 2. The summed E-state index contributed by atoms with van der Waals surface area (Å²) in [6.07, 6.45) is 0.557. The highest BCUT2D eigenvalue weighted by atomic mass is 19.4. The van der Waals surface area contributed by atoms with E-state index in [1.54, 1.807) is 0 Å². The summed E-state index contributed by atoms with van der Waals surface area (Å²) in [6, 6.07) is 3.88. The number of likely N-dealkylation sites (tertiary alicyclic amines) is 1. The van der Waals surface area contributed by atoms with Gasteiger partial charge in [-0.3, -0.25) is 9.69 Å². The van der Waals surface area contributed by atoms with E-state index in [4.69, 9.17) is 4.52 Å². The number of amides is 1. The second-order valence-corrected chi connectivity index (χ2v) is 9.12. The average Bonchev–Trinajstić information content (AvgIpc) is 3.10. The molecule has 2 aromatic rings. The Kier molecular flexibility index (Phi) is 6.14. The van der Waals surface area contributed by atoms with Gasteiger partial charge < -0.3 is 15.2 Å². The van der Waals surface area contributed by atoms with E-state index < -0.39 is 11.7 Å². The predicted octanol–water partition coefficient (Wildman–Crippen LogP) is 4.27. The van der Waals surface area contributed by atoms with E-state index in [1.165, 1.54) is 31.7 Å². The minimum atomic E-state index is -4.45. The van der Waals surface area contributed by atoms with Crippen LogP contribution in [0.5, 0.6) is 0 Å². The number of nitrogens with one attached hydrogen (secondary N) is 2. The van der Waals surface area contributed by atoms with E-state index in [1.807, 2.05) is 0 Å². The minimum absolute atomic E-state index is 0.0755. The number of rotatable bonds is 6. The Labute approximate surface area is 179 Å². The fourth-order valence-corrected chi connectivity index (χ4v) is 4.72. The fourth-order valence-electron chi connectivity index (χ4n) is 4.72. The summed E-state index contributed by atoms with van der Waals surface area (Å²) in [6.45, 7) is 6.22. The maximum absolute atomic E-state index is 12.9. The zero-order chi connectivity index (χ0) is 22.2. The molecule has 4 rings (SSSR count). The Balaban J connectivity index is 1.23. The lowest BCUT2D eigenvalue weighted by molar-refractivity contribution is -0.137. The highest BCUT2D eigenvalue weighted by Crippen LogP contribution is 2.34. The first-order chi connectivity index (χ1) is 14.7. The molecular weight excluding hydrogens is 409 g/mol. The van der Waals surface area contributed by atoms with E-state index in [9.17, 15) is 18.0 Å². The molecule has 170 valence electrons. The molecule has 2 heterocycles. The SMILES string of the molecule is CC(C)C1CCC(N2CC(NC(=O)CNc3noc4ccc(C(F)(F)F)cc34)C2)CC1. The lowest BCUT2D eigenvalue weighted by atomic mass is 9.78. The van der Waals surface area contributed by atoms with Gasteiger partial charge in [-0.05, 0) is 55.7 Å². The molecule has 0 bridgehead atoms. The standard InChI is InChI=1S/C22H29F3N4O2/c1-13(2)14-3-6-17(7-4-14)29-11-16(12-29)27-20(30)10-26-21-18-9-15(22(23,24)25)5-8-19(18)31-28-21/h5,8-9,13-14,16-17H,3-4,6-7,10-12H2,1-2H3,(H,26,28)(H,27,30). The van der Waals surface area contributed by atoms with Crippen LogP contribution in [0.2, 0.25) is 0 Å². The maximum Gasteiger partial charge on any atom is 0.416 e. The molecule has 1 aromatic carbocycles. The third kappa shape index (κ3) is 4.97. The number of alkyl halides is 3. The zero-order valence-corrected chi connectivity index (χ0v) is 17.8. The number of carbonyl (C=O) groups excluding carboxylic acids is 1. The fraction of sp³-hybridized carbons (Fsp3) is 0.636. The van der Waals surface area contributed by atoms with Crippen LogP contribution >= 0.6 is 0 Å². The molecule has 0 spiro atoms. The molecule has 31 heavy (non-hydrogen) atoms. The monoisotopic (exact) mass is 438 g/mol. The van der Waals surface area contributed by atoms with Crippen LogP contribution in [0.25, 0.3) is 11.0 Å². The van der Waals surface area contributed by atoms with Crippen molar-refractivity contribution in [3.63, 3.8) is 0 Å². The summed E-state index contributed by atoms with van der Waals surface area (Å²) < 4.78 is 43.9. The number of halogens is 3. The number of fused-ring (bicyclic) bond motifs is 1. The number of aromatic nitrogens is 1. The Bertz CT molecular complexity index is 913. The molecule has 1 aliphatic carbocycles. The molecule has 2 N–H and O–H groups in total. The second kappa shape index (κ2) is 8.68. The van der Waals surface area contributed by atoms with E-state index >= 15 is 0 Å². The summed E-state index contributed by atoms with van der Waals surface area (Å²) in [7, 11) is 0. The van der Waals surface area contributed by atoms with Gasteiger partial charge in [-0.2, -0.15) is 13.2 Å². The largest absolute Gasteiger partial charge is 0.416 e. The third-order valence-electron chi connectivity index (χ3n) is 6.69. The van der Waals surface area contributed by atoms with Crippen molar-refractivity contribution in [2.24, 2.45) is 11.8 Å². The number of anilines is 1. The van der Waals surface area contributed by atoms with Gasteiger partial charge in [-0.15, -0.1) is 0 Å². The lowest BCUT2D eigenvalue weighted by Crippen LogP contribution is -2.63. The van der Waals surface area contributed by atoms with Gasteiger partial charge in [0.05, 0.1) is 23.5 Å². The molecule has 6 nitrogen and oxygen atoms in total. The summed E-state index contributed by atoms with van der Waals surface area (Å²) in [4.78, 5) is 14.7. The Morgan fingerprint density at radius 1 is 1.23 bits per heavy atom. The molecule has 1 aromatic heterocycles. The highest BCUT2D eigenvalue weighted by molar-refractivity contribution is 5.90.